The summed E-state index contributed by atoms with van der Waals surface area (Å²) in [5, 5.41) is 7.51. The van der Waals surface area contributed by atoms with Crippen LogP contribution in [0, 0.1) is 11.6 Å². The van der Waals surface area contributed by atoms with Crippen molar-refractivity contribution in [3.05, 3.63) is 71.8 Å². The number of halogens is 3. The molecule has 0 atom stereocenters. The summed E-state index contributed by atoms with van der Waals surface area (Å²) in [5.74, 6) is -0.947. The maximum Gasteiger partial charge on any atom is 0.247 e. The van der Waals surface area contributed by atoms with Crippen LogP contribution in [0.1, 0.15) is 5.56 Å². The fourth-order valence-electron chi connectivity index (χ4n) is 4.11. The Hall–Kier alpha value is -3.48. The molecular formula is C25H27ClF2N6O3S. The number of piperazine rings is 1. The number of likely N-dealkylation sites (N-methyl/N-ethyl adjacent to an activating group) is 1. The first-order chi connectivity index (χ1) is 17.7. The van der Waals surface area contributed by atoms with Crippen LogP contribution in [0.15, 0.2) is 59.5 Å². The minimum absolute atomic E-state index is 0. The number of aromatic nitrogens is 3. The minimum Gasteiger partial charge on any atom is -0.472 e. The first-order valence-electron chi connectivity index (χ1n) is 11.6. The number of benzene rings is 2. The van der Waals surface area contributed by atoms with Crippen LogP contribution in [-0.2, 0) is 16.4 Å². The third kappa shape index (κ3) is 5.98. The van der Waals surface area contributed by atoms with Crippen molar-refractivity contribution in [1.29, 1.82) is 0 Å². The molecule has 1 N–H and O–H groups in total. The summed E-state index contributed by atoms with van der Waals surface area (Å²) < 4.78 is 59.8. The SMILES string of the molecule is CN1CCN(c2cc(Nc3nc4cccc(OCc5c(F)cccc5F)n4n3)cc(S(C)(=O)=O)c2)CC1.Cl. The Morgan fingerprint density at radius 3 is 2.37 bits per heavy atom. The Kier molecular flexibility index (Phi) is 8.05. The standard InChI is InChI=1S/C25H26F2N6O3S.ClH/c1-31-9-11-32(12-10-31)18-13-17(14-19(15-18)37(2,34)35)28-25-29-23-7-4-8-24(33(23)30-25)36-16-20-21(26)5-3-6-22(20)27;/h3-8,13-15H,9-12,16H2,1-2H3,(H,28,30);1H. The second-order valence-corrected chi connectivity index (χ2v) is 11.0. The van der Waals surface area contributed by atoms with Crippen molar-refractivity contribution >= 4 is 45.2 Å². The lowest BCUT2D eigenvalue weighted by atomic mass is 10.2. The number of nitrogens with zero attached hydrogens (tertiary/aromatic N) is 5. The molecule has 1 saturated heterocycles. The summed E-state index contributed by atoms with van der Waals surface area (Å²) in [7, 11) is -1.41. The van der Waals surface area contributed by atoms with E-state index in [0.717, 1.165) is 31.9 Å². The largest absolute Gasteiger partial charge is 0.472 e. The van der Waals surface area contributed by atoms with Crippen LogP contribution in [0.25, 0.3) is 5.65 Å². The van der Waals surface area contributed by atoms with Crippen molar-refractivity contribution < 1.29 is 21.9 Å². The molecule has 1 aliphatic heterocycles. The van der Waals surface area contributed by atoms with Gasteiger partial charge in [0.25, 0.3) is 0 Å². The van der Waals surface area contributed by atoms with Gasteiger partial charge in [0.05, 0.1) is 10.5 Å². The van der Waals surface area contributed by atoms with E-state index in [1.165, 1.54) is 29.0 Å². The van der Waals surface area contributed by atoms with Crippen LogP contribution in [0.2, 0.25) is 0 Å². The summed E-state index contributed by atoms with van der Waals surface area (Å²) in [5.41, 5.74) is 1.56. The highest BCUT2D eigenvalue weighted by Gasteiger charge is 2.19. The average Bonchev–Trinajstić information content (AvgIpc) is 3.26. The van der Waals surface area contributed by atoms with Crippen molar-refractivity contribution in [2.45, 2.75) is 11.5 Å². The molecule has 3 heterocycles. The molecule has 2 aromatic heterocycles. The van der Waals surface area contributed by atoms with E-state index in [-0.39, 0.29) is 41.3 Å². The molecule has 4 aromatic rings. The summed E-state index contributed by atoms with van der Waals surface area (Å²) in [4.78, 5) is 8.99. The normalized spacial score (nSPS) is 14.4. The zero-order chi connectivity index (χ0) is 26.2. The molecule has 0 bridgehead atoms. The molecule has 38 heavy (non-hydrogen) atoms. The predicted molar refractivity (Wildman–Crippen MR) is 143 cm³/mol. The monoisotopic (exact) mass is 564 g/mol. The molecule has 0 saturated carbocycles. The Labute approximate surface area is 225 Å². The van der Waals surface area contributed by atoms with Crippen LogP contribution in [-0.4, -0.2) is 67.4 Å². The van der Waals surface area contributed by atoms with Gasteiger partial charge in [0.15, 0.2) is 15.5 Å². The molecule has 1 fully saturated rings. The van der Waals surface area contributed by atoms with E-state index in [9.17, 15) is 17.2 Å². The van der Waals surface area contributed by atoms with Gasteiger partial charge >= 0.3 is 0 Å². The van der Waals surface area contributed by atoms with Gasteiger partial charge in [-0.05, 0) is 43.4 Å². The number of pyridine rings is 1. The van der Waals surface area contributed by atoms with Gasteiger partial charge in [0.2, 0.25) is 11.8 Å². The minimum atomic E-state index is -3.47. The quantitative estimate of drug-likeness (QED) is 0.361. The molecule has 0 spiro atoms. The van der Waals surface area contributed by atoms with Crippen molar-refractivity contribution in [1.82, 2.24) is 19.5 Å². The van der Waals surface area contributed by atoms with Crippen LogP contribution >= 0.6 is 12.4 Å². The highest BCUT2D eigenvalue weighted by Crippen LogP contribution is 2.28. The summed E-state index contributed by atoms with van der Waals surface area (Å²) >= 11 is 0. The first-order valence-corrected chi connectivity index (χ1v) is 13.5. The van der Waals surface area contributed by atoms with E-state index >= 15 is 0 Å². The Morgan fingerprint density at radius 1 is 1.00 bits per heavy atom. The van der Waals surface area contributed by atoms with Gasteiger partial charge in [-0.25, -0.2) is 17.2 Å². The third-order valence-corrected chi connectivity index (χ3v) is 7.29. The molecule has 0 amide bonds. The number of fused-ring (bicyclic) bond motifs is 1. The summed E-state index contributed by atoms with van der Waals surface area (Å²) in [6.45, 7) is 2.97. The third-order valence-electron chi connectivity index (χ3n) is 6.20. The number of rotatable bonds is 7. The van der Waals surface area contributed by atoms with Crippen molar-refractivity contribution in [2.75, 3.05) is 49.7 Å². The molecule has 0 aliphatic carbocycles. The molecule has 0 unspecified atom stereocenters. The Balaban J connectivity index is 0.00000336. The smallest absolute Gasteiger partial charge is 0.247 e. The van der Waals surface area contributed by atoms with Gasteiger partial charge in [-0.2, -0.15) is 9.50 Å². The van der Waals surface area contributed by atoms with Crippen molar-refractivity contribution in [3.63, 3.8) is 0 Å². The molecule has 9 nitrogen and oxygen atoms in total. The zero-order valence-corrected chi connectivity index (χ0v) is 22.4. The van der Waals surface area contributed by atoms with E-state index < -0.39 is 21.5 Å². The van der Waals surface area contributed by atoms with E-state index in [1.54, 1.807) is 30.3 Å². The van der Waals surface area contributed by atoms with Crippen LogP contribution < -0.4 is 15.0 Å². The first kappa shape index (κ1) is 27.6. The number of sulfone groups is 1. The highest BCUT2D eigenvalue weighted by atomic mass is 35.5. The van der Waals surface area contributed by atoms with Gasteiger partial charge in [0, 0.05) is 49.9 Å². The van der Waals surface area contributed by atoms with Gasteiger partial charge in [0.1, 0.15) is 18.2 Å². The lowest BCUT2D eigenvalue weighted by Gasteiger charge is -2.34. The number of hydrogen-bond donors (Lipinski definition) is 1. The molecule has 202 valence electrons. The number of hydrogen-bond acceptors (Lipinski definition) is 8. The van der Waals surface area contributed by atoms with E-state index in [0.29, 0.717) is 11.3 Å². The lowest BCUT2D eigenvalue weighted by molar-refractivity contribution is 0.274. The molecule has 0 radical (unpaired) electrons. The molecule has 13 heteroatoms. The highest BCUT2D eigenvalue weighted by molar-refractivity contribution is 7.90. The summed E-state index contributed by atoms with van der Waals surface area (Å²) in [6.07, 6.45) is 1.17. The van der Waals surface area contributed by atoms with E-state index in [4.69, 9.17) is 4.74 Å². The van der Waals surface area contributed by atoms with Crippen LogP contribution in [0.3, 0.4) is 0 Å². The number of ether oxygens (including phenoxy) is 1. The molecule has 1 aliphatic rings. The van der Waals surface area contributed by atoms with Crippen LogP contribution in [0.4, 0.5) is 26.1 Å². The average molecular weight is 565 g/mol. The van der Waals surface area contributed by atoms with Crippen molar-refractivity contribution in [3.8, 4) is 5.88 Å². The van der Waals surface area contributed by atoms with Gasteiger partial charge in [-0.15, -0.1) is 17.5 Å². The fourth-order valence-corrected chi connectivity index (χ4v) is 4.78. The van der Waals surface area contributed by atoms with E-state index in [2.05, 4.69) is 32.2 Å². The Bertz CT molecular complexity index is 1540. The number of anilines is 3. The van der Waals surface area contributed by atoms with Crippen LogP contribution in [0.5, 0.6) is 5.88 Å². The Morgan fingerprint density at radius 2 is 1.68 bits per heavy atom. The second kappa shape index (κ2) is 11.1. The molecular weight excluding hydrogens is 538 g/mol. The predicted octanol–water partition coefficient (Wildman–Crippen LogP) is 3.91. The summed E-state index contributed by atoms with van der Waals surface area (Å²) in [6, 6.07) is 13.7. The zero-order valence-electron chi connectivity index (χ0n) is 20.8. The van der Waals surface area contributed by atoms with E-state index in [1.807, 2.05) is 6.07 Å². The molecule has 2 aromatic carbocycles. The second-order valence-electron chi connectivity index (χ2n) is 8.96. The van der Waals surface area contributed by atoms with Gasteiger partial charge in [-0.3, -0.25) is 0 Å². The number of nitrogens with one attached hydrogen (secondary N) is 1. The maximum absolute atomic E-state index is 14.0. The van der Waals surface area contributed by atoms with Gasteiger partial charge < -0.3 is 19.9 Å². The fraction of sp³-hybridized carbons (Fsp3) is 0.280. The van der Waals surface area contributed by atoms with Gasteiger partial charge in [-0.1, -0.05) is 12.1 Å². The van der Waals surface area contributed by atoms with Crippen molar-refractivity contribution in [2.24, 2.45) is 0 Å². The molecule has 5 rings (SSSR count). The topological polar surface area (TPSA) is 92.1 Å². The lowest BCUT2D eigenvalue weighted by Crippen LogP contribution is -2.44. The maximum atomic E-state index is 14.0.